The molecule has 0 spiro atoms. The van der Waals surface area contributed by atoms with Crippen LogP contribution in [0.4, 0.5) is 14.5 Å². The number of carbonyl (C=O) groups is 2. The molecule has 0 bridgehead atoms. The van der Waals surface area contributed by atoms with Crippen LogP contribution in [0.15, 0.2) is 53.1 Å². The van der Waals surface area contributed by atoms with Crippen molar-refractivity contribution < 1.29 is 37.4 Å². The fourth-order valence-corrected chi connectivity index (χ4v) is 2.48. The van der Waals surface area contributed by atoms with Gasteiger partial charge in [-0.1, -0.05) is 0 Å². The van der Waals surface area contributed by atoms with Gasteiger partial charge in [0.25, 0.3) is 5.91 Å². The zero-order chi connectivity index (χ0) is 20.1. The Hall–Kier alpha value is -3.62. The molecule has 146 valence electrons. The van der Waals surface area contributed by atoms with Crippen LogP contribution in [-0.4, -0.2) is 30.2 Å². The van der Waals surface area contributed by atoms with Crippen molar-refractivity contribution in [3.05, 3.63) is 54.3 Å². The quantitative estimate of drug-likeness (QED) is 0.599. The number of phenols is 1. The first-order valence-electron chi connectivity index (χ1n) is 8.10. The molecule has 2 aromatic carbocycles. The summed E-state index contributed by atoms with van der Waals surface area (Å²) in [4.78, 5) is 23.8. The van der Waals surface area contributed by atoms with E-state index < -0.39 is 25.1 Å². The van der Waals surface area contributed by atoms with Gasteiger partial charge in [-0.05, 0) is 36.4 Å². The molecule has 0 aliphatic carbocycles. The summed E-state index contributed by atoms with van der Waals surface area (Å²) < 4.78 is 38.6. The minimum atomic E-state index is -2.93. The van der Waals surface area contributed by atoms with Crippen LogP contribution in [0, 0.1) is 0 Å². The van der Waals surface area contributed by atoms with Gasteiger partial charge >= 0.3 is 12.6 Å². The van der Waals surface area contributed by atoms with E-state index in [0.29, 0.717) is 22.2 Å². The standard InChI is InChI=1S/C19H15F2NO6/c20-19(21)28-14-4-1-12(2-5-14)22-17(24)10-27-18(25)7-11-9-26-16-8-13(23)3-6-15(11)16/h1-6,8-9,19,23H,7,10H2,(H,22,24). The Morgan fingerprint density at radius 3 is 2.61 bits per heavy atom. The Bertz CT molecular complexity index is 984. The Morgan fingerprint density at radius 1 is 1.14 bits per heavy atom. The van der Waals surface area contributed by atoms with Crippen molar-refractivity contribution in [1.82, 2.24) is 0 Å². The third-order valence-corrected chi connectivity index (χ3v) is 3.70. The van der Waals surface area contributed by atoms with Gasteiger partial charge in [0.1, 0.15) is 17.1 Å². The largest absolute Gasteiger partial charge is 0.508 e. The third kappa shape index (κ3) is 4.97. The highest BCUT2D eigenvalue weighted by atomic mass is 19.3. The van der Waals surface area contributed by atoms with E-state index in [-0.39, 0.29) is 17.9 Å². The molecule has 0 aliphatic heterocycles. The Balaban J connectivity index is 1.49. The van der Waals surface area contributed by atoms with Gasteiger partial charge in [0.05, 0.1) is 12.7 Å². The zero-order valence-electron chi connectivity index (χ0n) is 14.4. The molecule has 1 heterocycles. The number of fused-ring (bicyclic) bond motifs is 1. The van der Waals surface area contributed by atoms with Crippen LogP contribution in [0.1, 0.15) is 5.56 Å². The summed E-state index contributed by atoms with van der Waals surface area (Å²) in [6.45, 7) is -3.44. The number of benzene rings is 2. The summed E-state index contributed by atoms with van der Waals surface area (Å²) in [5.74, 6) is -1.22. The number of aromatic hydroxyl groups is 1. The van der Waals surface area contributed by atoms with E-state index in [2.05, 4.69) is 10.1 Å². The molecule has 9 heteroatoms. The van der Waals surface area contributed by atoms with Crippen LogP contribution in [0.2, 0.25) is 0 Å². The molecule has 0 saturated heterocycles. The topological polar surface area (TPSA) is 98.0 Å². The van der Waals surface area contributed by atoms with E-state index in [1.165, 1.54) is 42.7 Å². The maximum atomic E-state index is 12.1. The first-order chi connectivity index (χ1) is 13.4. The van der Waals surface area contributed by atoms with Crippen LogP contribution >= 0.6 is 0 Å². The number of amides is 1. The lowest BCUT2D eigenvalue weighted by atomic mass is 10.1. The molecule has 0 radical (unpaired) electrons. The van der Waals surface area contributed by atoms with Gasteiger partial charge in [0.2, 0.25) is 0 Å². The molecule has 3 rings (SSSR count). The van der Waals surface area contributed by atoms with Crippen molar-refractivity contribution in [3.63, 3.8) is 0 Å². The zero-order valence-corrected chi connectivity index (χ0v) is 14.4. The molecule has 0 aliphatic rings. The molecule has 1 aromatic heterocycles. The number of ether oxygens (including phenoxy) is 2. The summed E-state index contributed by atoms with van der Waals surface area (Å²) in [5, 5.41) is 12.5. The van der Waals surface area contributed by atoms with Crippen LogP contribution in [0.25, 0.3) is 11.0 Å². The van der Waals surface area contributed by atoms with Gasteiger partial charge in [-0.25, -0.2) is 0 Å². The summed E-state index contributed by atoms with van der Waals surface area (Å²) in [7, 11) is 0. The highest BCUT2D eigenvalue weighted by Crippen LogP contribution is 2.25. The Morgan fingerprint density at radius 2 is 1.89 bits per heavy atom. The number of rotatable bonds is 7. The fourth-order valence-electron chi connectivity index (χ4n) is 2.48. The summed E-state index contributed by atoms with van der Waals surface area (Å²) in [6, 6.07) is 9.82. The number of esters is 1. The van der Waals surface area contributed by atoms with Crippen LogP contribution < -0.4 is 10.1 Å². The minimum absolute atomic E-state index is 0.0416. The lowest BCUT2D eigenvalue weighted by Gasteiger charge is -2.08. The molecule has 1 amide bonds. The van der Waals surface area contributed by atoms with Crippen LogP contribution in [0.3, 0.4) is 0 Å². The third-order valence-electron chi connectivity index (χ3n) is 3.70. The molecule has 0 atom stereocenters. The average Bonchev–Trinajstić information content (AvgIpc) is 3.03. The van der Waals surface area contributed by atoms with E-state index in [9.17, 15) is 23.5 Å². The van der Waals surface area contributed by atoms with Gasteiger partial charge in [-0.15, -0.1) is 0 Å². The van der Waals surface area contributed by atoms with Crippen molar-refractivity contribution in [2.75, 3.05) is 11.9 Å². The van der Waals surface area contributed by atoms with Gasteiger partial charge < -0.3 is 24.3 Å². The highest BCUT2D eigenvalue weighted by Gasteiger charge is 2.14. The summed E-state index contributed by atoms with van der Waals surface area (Å²) in [6.07, 6.45) is 1.28. The van der Waals surface area contributed by atoms with Gasteiger partial charge in [0.15, 0.2) is 6.61 Å². The summed E-state index contributed by atoms with van der Waals surface area (Å²) in [5.41, 5.74) is 1.33. The number of phenolic OH excluding ortho intramolecular Hbond substituents is 1. The van der Waals surface area contributed by atoms with Gasteiger partial charge in [0, 0.05) is 22.7 Å². The number of nitrogens with one attached hydrogen (secondary N) is 1. The second-order valence-electron chi connectivity index (χ2n) is 5.73. The maximum absolute atomic E-state index is 12.1. The van der Waals surface area contributed by atoms with E-state index in [1.807, 2.05) is 0 Å². The van der Waals surface area contributed by atoms with E-state index in [4.69, 9.17) is 9.15 Å². The number of carbonyl (C=O) groups excluding carboxylic acids is 2. The fraction of sp³-hybridized carbons (Fsp3) is 0.158. The lowest BCUT2D eigenvalue weighted by molar-refractivity contribution is -0.146. The van der Waals surface area contributed by atoms with Gasteiger partial charge in [-0.3, -0.25) is 9.59 Å². The Kier molecular flexibility index (Phi) is 5.73. The smallest absolute Gasteiger partial charge is 0.387 e. The van der Waals surface area contributed by atoms with E-state index in [1.54, 1.807) is 6.07 Å². The number of hydrogen-bond donors (Lipinski definition) is 2. The van der Waals surface area contributed by atoms with Crippen molar-refractivity contribution in [3.8, 4) is 11.5 Å². The van der Waals surface area contributed by atoms with E-state index in [0.717, 1.165) is 0 Å². The minimum Gasteiger partial charge on any atom is -0.508 e. The van der Waals surface area contributed by atoms with E-state index >= 15 is 0 Å². The average molecular weight is 391 g/mol. The number of halogens is 2. The van der Waals surface area contributed by atoms with Crippen molar-refractivity contribution in [2.45, 2.75) is 13.0 Å². The molecular weight excluding hydrogens is 376 g/mol. The second-order valence-corrected chi connectivity index (χ2v) is 5.73. The number of alkyl halides is 2. The number of hydrogen-bond acceptors (Lipinski definition) is 6. The maximum Gasteiger partial charge on any atom is 0.387 e. The van der Waals surface area contributed by atoms with Crippen molar-refractivity contribution in [2.24, 2.45) is 0 Å². The highest BCUT2D eigenvalue weighted by molar-refractivity contribution is 5.93. The molecule has 0 unspecified atom stereocenters. The molecule has 0 fully saturated rings. The van der Waals surface area contributed by atoms with Gasteiger partial charge in [-0.2, -0.15) is 8.78 Å². The number of furan rings is 1. The molecular formula is C19H15F2NO6. The first kappa shape index (κ1) is 19.2. The molecule has 7 nitrogen and oxygen atoms in total. The normalized spacial score (nSPS) is 10.8. The van der Waals surface area contributed by atoms with Crippen LogP contribution in [-0.2, 0) is 20.7 Å². The first-order valence-corrected chi connectivity index (χ1v) is 8.10. The molecule has 28 heavy (non-hydrogen) atoms. The predicted octanol–water partition coefficient (Wildman–Crippen LogP) is 3.46. The predicted molar refractivity (Wildman–Crippen MR) is 94.2 cm³/mol. The lowest BCUT2D eigenvalue weighted by Crippen LogP contribution is -2.21. The molecule has 0 saturated carbocycles. The van der Waals surface area contributed by atoms with Crippen LogP contribution in [0.5, 0.6) is 11.5 Å². The molecule has 2 N–H and O–H groups in total. The number of anilines is 1. The molecule has 3 aromatic rings. The monoisotopic (exact) mass is 391 g/mol. The van der Waals surface area contributed by atoms with Crippen molar-refractivity contribution >= 4 is 28.5 Å². The SMILES string of the molecule is O=C(COC(=O)Cc1coc2cc(O)ccc12)Nc1ccc(OC(F)F)cc1. The summed E-state index contributed by atoms with van der Waals surface area (Å²) >= 11 is 0. The van der Waals surface area contributed by atoms with Crippen molar-refractivity contribution in [1.29, 1.82) is 0 Å². The second kappa shape index (κ2) is 8.38. The Labute approximate surface area is 157 Å².